The lowest BCUT2D eigenvalue weighted by molar-refractivity contribution is 0.526. The van der Waals surface area contributed by atoms with Gasteiger partial charge in [0, 0.05) is 23.1 Å². The fraction of sp³-hybridized carbons (Fsp3) is 0.130. The summed E-state index contributed by atoms with van der Waals surface area (Å²) in [7, 11) is 0. The quantitative estimate of drug-likeness (QED) is 0.384. The largest absolute Gasteiger partial charge is 0.406 e. The zero-order valence-corrected chi connectivity index (χ0v) is 15.8. The first-order valence-electron chi connectivity index (χ1n) is 8.08. The van der Waals surface area contributed by atoms with E-state index in [1.54, 1.807) is 0 Å². The molecule has 0 aliphatic carbocycles. The van der Waals surface area contributed by atoms with E-state index in [0.29, 0.717) is 17.5 Å². The summed E-state index contributed by atoms with van der Waals surface area (Å²) in [5.41, 5.74) is 5.48. The van der Waals surface area contributed by atoms with Gasteiger partial charge >= 0.3 is 0 Å². The van der Waals surface area contributed by atoms with Gasteiger partial charge in [0.15, 0.2) is 0 Å². The molecule has 0 atom stereocenters. The molecule has 0 heterocycles. The second-order valence-electron chi connectivity index (χ2n) is 5.84. The Morgan fingerprint density at radius 2 is 1.73 bits per heavy atom. The smallest absolute Gasteiger partial charge is 0.148 e. The lowest BCUT2D eigenvalue weighted by Gasteiger charge is -2.16. The maximum atomic E-state index is 6.25. The number of hydrogen-bond donors (Lipinski definition) is 0. The zero-order valence-electron chi connectivity index (χ0n) is 14.3. The van der Waals surface area contributed by atoms with Crippen LogP contribution in [-0.4, -0.2) is 0 Å². The molecule has 26 heavy (non-hydrogen) atoms. The fourth-order valence-corrected chi connectivity index (χ4v) is 3.60. The van der Waals surface area contributed by atoms with Gasteiger partial charge in [0.25, 0.3) is 0 Å². The average molecular weight is 379 g/mol. The van der Waals surface area contributed by atoms with Crippen molar-refractivity contribution in [3.05, 3.63) is 65.2 Å². The second kappa shape index (κ2) is 8.20. The van der Waals surface area contributed by atoms with Gasteiger partial charge in [-0.25, -0.2) is 0 Å². The third-order valence-electron chi connectivity index (χ3n) is 4.28. The van der Waals surface area contributed by atoms with Crippen LogP contribution < -0.4 is 4.74 Å². The number of rotatable bonds is 4. The third-order valence-corrected chi connectivity index (χ3v) is 4.85. The lowest BCUT2D eigenvalue weighted by atomic mass is 9.91. The molecule has 0 saturated heterocycles. The molecule has 128 valence electrons. The van der Waals surface area contributed by atoms with Crippen LogP contribution in [-0.2, 0) is 11.8 Å². The van der Waals surface area contributed by atoms with Crippen LogP contribution in [0.25, 0.3) is 21.9 Å². The van der Waals surface area contributed by atoms with Crippen molar-refractivity contribution >= 4 is 34.0 Å². The van der Waals surface area contributed by atoms with Crippen LogP contribution in [0.3, 0.4) is 0 Å². The first kappa shape index (κ1) is 18.2. The third kappa shape index (κ3) is 3.51. The van der Waals surface area contributed by atoms with E-state index in [2.05, 4.69) is 43.1 Å². The van der Waals surface area contributed by atoms with Gasteiger partial charge in [-0.15, -0.1) is 29.6 Å². The van der Waals surface area contributed by atoms with Crippen molar-refractivity contribution in [3.8, 4) is 41.2 Å². The highest BCUT2D eigenvalue weighted by Gasteiger charge is 2.14. The Morgan fingerprint density at radius 3 is 2.42 bits per heavy atom. The monoisotopic (exact) mass is 378 g/mol. The minimum absolute atomic E-state index is 0.434. The molecular formula is C23H16Cl2O. The van der Waals surface area contributed by atoms with Crippen molar-refractivity contribution in [2.75, 3.05) is 0 Å². The van der Waals surface area contributed by atoms with Crippen LogP contribution >= 0.6 is 23.2 Å². The topological polar surface area (TPSA) is 9.23 Å². The van der Waals surface area contributed by atoms with Crippen molar-refractivity contribution in [1.82, 2.24) is 0 Å². The van der Waals surface area contributed by atoms with Gasteiger partial charge in [0.1, 0.15) is 11.9 Å². The van der Waals surface area contributed by atoms with Crippen molar-refractivity contribution in [1.29, 1.82) is 0 Å². The van der Waals surface area contributed by atoms with Gasteiger partial charge in [0.2, 0.25) is 0 Å². The van der Waals surface area contributed by atoms with Gasteiger partial charge in [-0.3, -0.25) is 0 Å². The molecule has 1 nitrogen and oxygen atoms in total. The van der Waals surface area contributed by atoms with E-state index < -0.39 is 0 Å². The van der Waals surface area contributed by atoms with Crippen molar-refractivity contribution in [2.24, 2.45) is 0 Å². The molecule has 0 spiro atoms. The SMILES string of the molecule is C#CC#COc1ccc(-c2cc(CCl)cc(C)c2CCl)c2ccccc12. The molecule has 0 aliphatic heterocycles. The minimum atomic E-state index is 0.434. The minimum Gasteiger partial charge on any atom is -0.406 e. The molecular weight excluding hydrogens is 363 g/mol. The van der Waals surface area contributed by atoms with E-state index in [9.17, 15) is 0 Å². The predicted octanol–water partition coefficient (Wildman–Crippen LogP) is 6.27. The van der Waals surface area contributed by atoms with Gasteiger partial charge < -0.3 is 4.74 Å². The molecule has 0 amide bonds. The molecule has 0 saturated carbocycles. The summed E-state index contributed by atoms with van der Waals surface area (Å²) in [5.74, 6) is 6.28. The summed E-state index contributed by atoms with van der Waals surface area (Å²) in [5, 5.41) is 2.02. The predicted molar refractivity (Wildman–Crippen MR) is 110 cm³/mol. The summed E-state index contributed by atoms with van der Waals surface area (Å²) in [4.78, 5) is 0. The first-order chi connectivity index (χ1) is 12.7. The Morgan fingerprint density at radius 1 is 0.962 bits per heavy atom. The highest BCUT2D eigenvalue weighted by molar-refractivity contribution is 6.18. The fourth-order valence-electron chi connectivity index (χ4n) is 3.09. The molecule has 0 N–H and O–H groups in total. The number of hydrogen-bond acceptors (Lipinski definition) is 1. The summed E-state index contributed by atoms with van der Waals surface area (Å²) >= 11 is 12.3. The second-order valence-corrected chi connectivity index (χ2v) is 6.37. The summed E-state index contributed by atoms with van der Waals surface area (Å²) in [6.45, 7) is 2.06. The van der Waals surface area contributed by atoms with E-state index >= 15 is 0 Å². The summed E-state index contributed by atoms with van der Waals surface area (Å²) in [6.07, 6.45) is 7.68. The standard InChI is InChI=1S/C23H16Cl2O/c1-3-4-11-26-23-10-9-19(18-7-5-6-8-20(18)23)21-13-17(14-24)12-16(2)22(21)15-25/h1,5-10,12-13H,14-15H2,2H3. The molecule has 0 radical (unpaired) electrons. The van der Waals surface area contributed by atoms with Crippen LogP contribution in [0.2, 0.25) is 0 Å². The molecule has 0 aromatic heterocycles. The summed E-state index contributed by atoms with van der Waals surface area (Å²) < 4.78 is 5.52. The Balaban J connectivity index is 2.26. The van der Waals surface area contributed by atoms with Gasteiger partial charge in [-0.05, 0) is 64.2 Å². The number of benzene rings is 3. The number of aryl methyl sites for hydroxylation is 1. The van der Waals surface area contributed by atoms with E-state index in [1.165, 1.54) is 0 Å². The Labute approximate surface area is 163 Å². The van der Waals surface area contributed by atoms with Crippen molar-refractivity contribution in [2.45, 2.75) is 18.7 Å². The normalized spacial score (nSPS) is 10.1. The lowest BCUT2D eigenvalue weighted by Crippen LogP contribution is -1.95. The van der Waals surface area contributed by atoms with Gasteiger partial charge in [0.05, 0.1) is 0 Å². The van der Waals surface area contributed by atoms with Crippen molar-refractivity contribution in [3.63, 3.8) is 0 Å². The number of halogens is 2. The molecule has 0 fully saturated rings. The van der Waals surface area contributed by atoms with Crippen molar-refractivity contribution < 1.29 is 4.74 Å². The Hall–Kier alpha value is -2.58. The van der Waals surface area contributed by atoms with Crippen LogP contribution in [0.15, 0.2) is 48.5 Å². The zero-order chi connectivity index (χ0) is 18.5. The summed E-state index contributed by atoms with van der Waals surface area (Å²) in [6, 6.07) is 16.2. The molecule has 0 bridgehead atoms. The highest BCUT2D eigenvalue weighted by Crippen LogP contribution is 2.38. The number of ether oxygens (including phenoxy) is 1. The van der Waals surface area contributed by atoms with E-state index in [0.717, 1.165) is 38.6 Å². The number of terminal acetylenes is 1. The van der Waals surface area contributed by atoms with E-state index in [1.807, 2.05) is 30.3 Å². The average Bonchev–Trinajstić information content (AvgIpc) is 2.67. The Kier molecular flexibility index (Phi) is 5.75. The highest BCUT2D eigenvalue weighted by atomic mass is 35.5. The van der Waals surface area contributed by atoms with Gasteiger partial charge in [-0.1, -0.05) is 30.3 Å². The maximum Gasteiger partial charge on any atom is 0.148 e. The molecule has 3 rings (SSSR count). The van der Waals surface area contributed by atoms with E-state index in [-0.39, 0.29) is 0 Å². The van der Waals surface area contributed by atoms with E-state index in [4.69, 9.17) is 34.4 Å². The van der Waals surface area contributed by atoms with Crippen LogP contribution in [0.4, 0.5) is 0 Å². The number of fused-ring (bicyclic) bond motifs is 1. The maximum absolute atomic E-state index is 6.25. The molecule has 0 unspecified atom stereocenters. The van der Waals surface area contributed by atoms with Crippen LogP contribution in [0.5, 0.6) is 5.75 Å². The molecule has 3 heteroatoms. The van der Waals surface area contributed by atoms with Crippen LogP contribution in [0.1, 0.15) is 16.7 Å². The van der Waals surface area contributed by atoms with Gasteiger partial charge in [-0.2, -0.15) is 0 Å². The molecule has 3 aromatic carbocycles. The number of alkyl halides is 2. The first-order valence-corrected chi connectivity index (χ1v) is 9.15. The Bertz CT molecular complexity index is 1070. The molecule has 0 aliphatic rings. The molecule has 3 aromatic rings. The van der Waals surface area contributed by atoms with Crippen LogP contribution in [0, 0.1) is 31.3 Å².